The molecule has 0 bridgehead atoms. The predicted molar refractivity (Wildman–Crippen MR) is 401 cm³/mol. The number of halogens is 12. The van der Waals surface area contributed by atoms with Crippen LogP contribution < -0.4 is 35.2 Å². The number of alkyl halides is 12. The summed E-state index contributed by atoms with van der Waals surface area (Å²) < 4.78 is 204. The normalized spacial score (nSPS) is 14.2. The van der Waals surface area contributed by atoms with Crippen LogP contribution in [-0.4, -0.2) is 119 Å². The van der Waals surface area contributed by atoms with E-state index in [0.717, 1.165) is 54.0 Å². The number of benzene rings is 11. The Morgan fingerprint density at radius 1 is 0.310 bits per heavy atom. The number of anilines is 2. The van der Waals surface area contributed by atoms with Gasteiger partial charge in [-0.2, -0.15) is 52.7 Å². The van der Waals surface area contributed by atoms with Gasteiger partial charge in [-0.25, -0.2) is 9.80 Å². The first kappa shape index (κ1) is 79.0. The minimum atomic E-state index is -6.05. The first-order chi connectivity index (χ1) is 55.3. The van der Waals surface area contributed by atoms with Crippen molar-refractivity contribution in [3.8, 4) is 46.0 Å². The molecule has 0 unspecified atom stereocenters. The number of carbonyl (C=O) groups is 8. The van der Waals surface area contributed by atoms with Gasteiger partial charge in [0.2, 0.25) is 10.8 Å². The fraction of sp³-hybridized carbons (Fsp3) is 0.129. The topological polar surface area (TPSA) is 249 Å². The molecule has 8 amide bonds. The monoisotopic (exact) mass is 1620 g/mol. The van der Waals surface area contributed by atoms with E-state index in [4.69, 9.17) is 12.3 Å². The van der Waals surface area contributed by atoms with Crippen molar-refractivity contribution >= 4 is 82.5 Å². The number of phenolic OH excluding ortho intramolecular Hbond substituents is 4. The number of hydrogen-bond donors (Lipinski definition) is 4. The van der Waals surface area contributed by atoms with Gasteiger partial charge in [-0.1, -0.05) is 135 Å². The molecule has 0 saturated carbocycles. The molecule has 0 aliphatic carbocycles. The summed E-state index contributed by atoms with van der Waals surface area (Å²) in [5.74, 6) is -9.33. The highest BCUT2D eigenvalue weighted by atomic mass is 31.1. The molecular weight excluding hydrogens is 1560 g/mol. The van der Waals surface area contributed by atoms with Crippen LogP contribution in [0.5, 0.6) is 46.0 Å². The highest BCUT2D eigenvalue weighted by Crippen LogP contribution is 2.60. The zero-order valence-electron chi connectivity index (χ0n) is 61.6. The molecule has 4 heterocycles. The molecule has 31 heteroatoms. The number of amides is 8. The number of phenols is 4. The number of aryl methyl sites for hydroxylation is 2. The third kappa shape index (κ3) is 14.0. The van der Waals surface area contributed by atoms with Crippen LogP contribution in [-0.2, 0) is 10.8 Å². The quantitative estimate of drug-likeness (QED) is 0.0423. The second kappa shape index (κ2) is 30.4. The largest absolute Gasteiger partial charge is 0.508 e. The molecule has 11 aromatic rings. The maximum absolute atomic E-state index is 14.9. The molecule has 4 aliphatic heterocycles. The third-order valence-electron chi connectivity index (χ3n) is 19.6. The van der Waals surface area contributed by atoms with E-state index in [1.165, 1.54) is 78.5 Å². The minimum Gasteiger partial charge on any atom is -0.508 e. The van der Waals surface area contributed by atoms with E-state index in [9.17, 15) is 101 Å². The fourth-order valence-corrected chi connectivity index (χ4v) is 16.2. The van der Waals surface area contributed by atoms with E-state index < -0.39 is 142 Å². The lowest BCUT2D eigenvalue weighted by molar-refractivity contribution is -0.290. The number of rotatable bonds is 15. The molecule has 11 aromatic carbocycles. The second-order valence-electron chi connectivity index (χ2n) is 26.5. The molecule has 0 radical (unpaired) electrons. The Morgan fingerprint density at radius 2 is 0.569 bits per heavy atom. The van der Waals surface area contributed by atoms with E-state index in [1.54, 1.807) is 0 Å². The summed E-state index contributed by atoms with van der Waals surface area (Å²) in [7, 11) is 2.15. The summed E-state index contributed by atoms with van der Waals surface area (Å²) in [5, 5.41) is 33.3. The summed E-state index contributed by atoms with van der Waals surface area (Å²) in [6.07, 6.45) is -24.2. The van der Waals surface area contributed by atoms with Crippen LogP contribution in [0.3, 0.4) is 0 Å². The van der Waals surface area contributed by atoms with Crippen molar-refractivity contribution in [3.63, 3.8) is 0 Å². The molecule has 18 nitrogen and oxygen atoms in total. The summed E-state index contributed by atoms with van der Waals surface area (Å²) in [4.78, 5) is 106. The van der Waals surface area contributed by atoms with Gasteiger partial charge >= 0.3 is 24.7 Å². The van der Waals surface area contributed by atoms with Gasteiger partial charge in [0.15, 0.2) is 0 Å². The molecular formula is C85H59F12N4O14P. The zero-order valence-corrected chi connectivity index (χ0v) is 60.5. The van der Waals surface area contributed by atoms with E-state index in [2.05, 4.69) is 101 Å². The van der Waals surface area contributed by atoms with Crippen LogP contribution in [0.2, 0.25) is 0 Å². The maximum atomic E-state index is 14.9. The Balaban J connectivity index is 0.000000176. The third-order valence-corrected chi connectivity index (χ3v) is 22.0. The van der Waals surface area contributed by atoms with Crippen molar-refractivity contribution in [1.29, 1.82) is 2.86 Å². The Morgan fingerprint density at radius 3 is 0.879 bits per heavy atom. The maximum Gasteiger partial charge on any atom is 0.411 e. The number of imide groups is 4. The van der Waals surface area contributed by atoms with E-state index in [1.807, 2.05) is 0 Å². The molecule has 592 valence electrons. The van der Waals surface area contributed by atoms with Crippen molar-refractivity contribution in [3.05, 3.63) is 314 Å². The van der Waals surface area contributed by atoms with E-state index >= 15 is 0 Å². The Labute approximate surface area is 654 Å². The number of fused-ring (bicyclic) bond motifs is 4. The van der Waals surface area contributed by atoms with Crippen molar-refractivity contribution < 1.29 is 121 Å². The summed E-state index contributed by atoms with van der Waals surface area (Å²) >= 11 is 0. The van der Waals surface area contributed by atoms with Gasteiger partial charge in [-0.3, -0.25) is 48.2 Å². The molecule has 0 spiro atoms. The smallest absolute Gasteiger partial charge is 0.411 e. The van der Waals surface area contributed by atoms with Crippen molar-refractivity contribution in [2.75, 3.05) is 23.9 Å². The van der Waals surface area contributed by atoms with Crippen molar-refractivity contribution in [2.24, 2.45) is 0 Å². The van der Waals surface area contributed by atoms with Gasteiger partial charge in [0.1, 0.15) is 46.0 Å². The van der Waals surface area contributed by atoms with Crippen LogP contribution >= 0.6 is 7.92 Å². The average Bonchev–Trinajstić information content (AvgIpc) is 1.67. The average molecular weight is 1620 g/mol. The number of aromatic hydroxyl groups is 4. The number of carbonyl (C=O) groups excluding carboxylic acids is 8. The number of nitrogens with zero attached hydrogens (tertiary/aromatic N) is 4. The van der Waals surface area contributed by atoms with E-state index in [-0.39, 0.29) is 108 Å². The molecule has 0 aromatic heterocycles. The molecule has 0 fully saturated rings. The summed E-state index contributed by atoms with van der Waals surface area (Å²) in [5.41, 5.74) is -18.2. The summed E-state index contributed by atoms with van der Waals surface area (Å²) in [6.45, 7) is 2.26. The highest BCUT2D eigenvalue weighted by molar-refractivity contribution is 7.79. The Kier molecular flexibility index (Phi) is 20.7. The minimum absolute atomic E-state index is 0. The predicted octanol–water partition coefficient (Wildman–Crippen LogP) is 17.4. The molecule has 116 heavy (non-hydrogen) atoms. The van der Waals surface area contributed by atoms with Gasteiger partial charge in [0.25, 0.3) is 50.1 Å². The molecule has 15 rings (SSSR count). The lowest BCUT2D eigenvalue weighted by Gasteiger charge is -2.39. The van der Waals surface area contributed by atoms with Crippen LogP contribution in [0.25, 0.3) is 0 Å². The lowest BCUT2D eigenvalue weighted by atomic mass is 9.72. The number of hydrogen-bond acceptors (Lipinski definition) is 14. The second-order valence-corrected chi connectivity index (χ2v) is 28.7. The molecule has 4 aliphatic rings. The van der Waals surface area contributed by atoms with Crippen molar-refractivity contribution in [2.45, 2.75) is 56.8 Å². The Hall–Kier alpha value is -13.6. The van der Waals surface area contributed by atoms with Gasteiger partial charge in [-0.05, 0) is 180 Å². The van der Waals surface area contributed by atoms with Crippen LogP contribution in [0.1, 0.15) is 124 Å². The fourth-order valence-electron chi connectivity index (χ4n) is 13.9. The van der Waals surface area contributed by atoms with Crippen LogP contribution in [0, 0.1) is 13.8 Å². The van der Waals surface area contributed by atoms with Crippen LogP contribution in [0.15, 0.2) is 237 Å². The lowest BCUT2D eigenvalue weighted by Crippen LogP contribution is -2.54. The van der Waals surface area contributed by atoms with Gasteiger partial charge in [0, 0.05) is 14.1 Å². The Bertz CT molecular complexity index is 5800. The van der Waals surface area contributed by atoms with E-state index in [0.29, 0.717) is 60.7 Å². The van der Waals surface area contributed by atoms with Crippen LogP contribution in [0.4, 0.5) is 64.1 Å². The summed E-state index contributed by atoms with van der Waals surface area (Å²) in [6, 6.07) is 53.4. The highest BCUT2D eigenvalue weighted by Gasteiger charge is 2.74. The number of ether oxygens (including phenoxy) is 2. The first-order valence-corrected chi connectivity index (χ1v) is 35.4. The molecule has 0 atom stereocenters. The SMILES string of the molecule is C.Cc1cc(C(c2ccc(O)c(N3C(=O)c4ccc(Oc5ccc6c(c5)C(=O)N(C)C6=O)cc4C3=O)c2)(C(F)(F)F)C(F)(F)F)ccc1O.[2H]Oc1ccc(C(c2ccc(O[2H])c(N3C(=O)c4ccc(Oc5ccc6c(c5)C(=O)N(C)C6=O)cc4C3=O)c2)(C(F)(F)F)C(F)(F)F)cc1C.c1ccc(P(c2ccccc2)c2ccccc2)cc1. The zero-order chi connectivity index (χ0) is 84.5. The standard InChI is InChI=1S/2C33H20F6N2O7.C18H15P.CH4/c2*1-15-11-16(3-9-25(15)42)31(32(34,35)36,33(37,38)39)17-4-10-26(43)24(12-17)41-29(46)21-8-6-19(14-23(21)30(41)47)48-18-5-7-20-22(13-18)28(45)40(2)27(20)44;1-4-10-16(11-5-1)19(17-12-6-2-7-13-17)18-14-8-3-9-15-18;/h2*3-14,42-43H,1-2H3;1-15H;1H4/i/hD2. The van der Waals surface area contributed by atoms with Gasteiger partial charge in [0.05, 0.1) is 55.9 Å². The molecule has 4 N–H and O–H groups in total. The van der Waals surface area contributed by atoms with Crippen molar-refractivity contribution in [1.82, 2.24) is 9.80 Å². The van der Waals surface area contributed by atoms with Gasteiger partial charge < -0.3 is 29.9 Å². The molecule has 0 saturated heterocycles. The van der Waals surface area contributed by atoms with Gasteiger partial charge in [-0.15, -0.1) is 0 Å². The first-order valence-electron chi connectivity index (χ1n) is 34.8.